The molecular formula is C36H33FN2O6. The Kier molecular flexibility index (Phi) is 8.17. The lowest BCUT2D eigenvalue weighted by molar-refractivity contribution is -0.116. The number of para-hydroxylation sites is 2. The molecule has 2 atom stereocenters. The highest BCUT2D eigenvalue weighted by molar-refractivity contribution is 6.12. The molecule has 1 heterocycles. The minimum atomic E-state index is -0.806. The number of allylic oxidation sites excluding steroid dienone is 1. The van der Waals surface area contributed by atoms with E-state index >= 15 is 0 Å². The smallest absolute Gasteiger partial charge is 0.259 e. The van der Waals surface area contributed by atoms with Gasteiger partial charge in [-0.3, -0.25) is 14.5 Å². The molecule has 2 unspecified atom stereocenters. The van der Waals surface area contributed by atoms with Crippen LogP contribution in [0.1, 0.15) is 46.3 Å². The molecule has 1 N–H and O–H groups in total. The molecule has 0 saturated carbocycles. The number of nitrogens with one attached hydrogen (secondary N) is 1. The molecule has 8 nitrogen and oxygen atoms in total. The van der Waals surface area contributed by atoms with Crippen LogP contribution >= 0.6 is 0 Å². The molecule has 2 aliphatic rings. The van der Waals surface area contributed by atoms with Crippen molar-refractivity contribution >= 4 is 23.1 Å². The molecule has 45 heavy (non-hydrogen) atoms. The highest BCUT2D eigenvalue weighted by Crippen LogP contribution is 2.49. The Hall–Kier alpha value is -5.31. The second kappa shape index (κ2) is 12.4. The van der Waals surface area contributed by atoms with E-state index in [1.165, 1.54) is 33.5 Å². The largest absolute Gasteiger partial charge is 0.497 e. The SMILES string of the molecule is COc1cccc(C2C3=C(CC(c4ccc(F)cc4)CC3=O)Nc3ccccc3N2C(=O)c2cc(OC)c(OC)c(OC)c2)c1. The van der Waals surface area contributed by atoms with E-state index in [-0.39, 0.29) is 35.4 Å². The van der Waals surface area contributed by atoms with Crippen molar-refractivity contribution in [1.29, 1.82) is 0 Å². The lowest BCUT2D eigenvalue weighted by atomic mass is 9.78. The molecule has 0 radical (unpaired) electrons. The number of rotatable bonds is 7. The monoisotopic (exact) mass is 608 g/mol. The first-order chi connectivity index (χ1) is 21.9. The summed E-state index contributed by atoms with van der Waals surface area (Å²) in [7, 11) is 6.06. The van der Waals surface area contributed by atoms with Crippen LogP contribution in [0.5, 0.6) is 23.0 Å². The number of carbonyl (C=O) groups excluding carboxylic acids is 2. The zero-order valence-electron chi connectivity index (χ0n) is 25.4. The number of ketones is 1. The standard InChI is InChI=1S/C36H33FN2O6/c1-42-26-9-7-8-22(16-26)34-33-28(17-23(18-30(33)40)21-12-14-25(37)15-13-21)38-27-10-5-6-11-29(27)39(34)36(41)24-19-31(43-2)35(45-4)32(20-24)44-3/h5-16,19-20,23,34,38H,17-18H2,1-4H3. The van der Waals surface area contributed by atoms with Crippen LogP contribution in [0.2, 0.25) is 0 Å². The van der Waals surface area contributed by atoms with E-state index in [4.69, 9.17) is 18.9 Å². The van der Waals surface area contributed by atoms with E-state index in [0.29, 0.717) is 57.6 Å². The number of amides is 1. The fraction of sp³-hybridized carbons (Fsp3) is 0.222. The maximum Gasteiger partial charge on any atom is 0.259 e. The van der Waals surface area contributed by atoms with Crippen LogP contribution in [0, 0.1) is 5.82 Å². The molecule has 0 spiro atoms. The van der Waals surface area contributed by atoms with Crippen molar-refractivity contribution in [3.63, 3.8) is 0 Å². The van der Waals surface area contributed by atoms with E-state index < -0.39 is 6.04 Å². The van der Waals surface area contributed by atoms with Crippen LogP contribution in [0.15, 0.2) is 96.2 Å². The molecule has 6 rings (SSSR count). The van der Waals surface area contributed by atoms with E-state index in [0.717, 1.165) is 5.56 Å². The third-order valence-electron chi connectivity index (χ3n) is 8.37. The lowest BCUT2D eigenvalue weighted by Crippen LogP contribution is -2.38. The third-order valence-corrected chi connectivity index (χ3v) is 8.37. The van der Waals surface area contributed by atoms with Gasteiger partial charge in [-0.25, -0.2) is 4.39 Å². The molecule has 4 aromatic carbocycles. The molecule has 9 heteroatoms. The van der Waals surface area contributed by atoms with Gasteiger partial charge in [0.15, 0.2) is 17.3 Å². The lowest BCUT2D eigenvalue weighted by Gasteiger charge is -2.35. The number of hydrogen-bond donors (Lipinski definition) is 1. The highest BCUT2D eigenvalue weighted by atomic mass is 19.1. The van der Waals surface area contributed by atoms with Crippen molar-refractivity contribution in [2.75, 3.05) is 38.7 Å². The van der Waals surface area contributed by atoms with Gasteiger partial charge in [-0.1, -0.05) is 36.4 Å². The number of Topliss-reactive ketones (excluding diaryl/α,β-unsaturated/α-hetero) is 1. The fourth-order valence-corrected chi connectivity index (χ4v) is 6.25. The minimum Gasteiger partial charge on any atom is -0.497 e. The van der Waals surface area contributed by atoms with Crippen LogP contribution in [0.4, 0.5) is 15.8 Å². The number of hydrogen-bond acceptors (Lipinski definition) is 7. The molecule has 0 bridgehead atoms. The van der Waals surface area contributed by atoms with Gasteiger partial charge in [-0.15, -0.1) is 0 Å². The van der Waals surface area contributed by atoms with Crippen molar-refractivity contribution in [3.05, 3.63) is 119 Å². The van der Waals surface area contributed by atoms with E-state index in [2.05, 4.69) is 5.32 Å². The molecule has 1 aliphatic heterocycles. The summed E-state index contributed by atoms with van der Waals surface area (Å²) in [5.41, 5.74) is 4.31. The Bertz CT molecular complexity index is 1780. The molecular weight excluding hydrogens is 575 g/mol. The van der Waals surface area contributed by atoms with Crippen LogP contribution in [-0.4, -0.2) is 40.1 Å². The average Bonchev–Trinajstić information content (AvgIpc) is 3.22. The second-order valence-corrected chi connectivity index (χ2v) is 10.9. The van der Waals surface area contributed by atoms with Crippen molar-refractivity contribution < 1.29 is 32.9 Å². The third kappa shape index (κ3) is 5.46. The van der Waals surface area contributed by atoms with E-state index in [9.17, 15) is 14.0 Å². The fourth-order valence-electron chi connectivity index (χ4n) is 6.25. The first kappa shape index (κ1) is 29.7. The summed E-state index contributed by atoms with van der Waals surface area (Å²) in [6, 6.07) is 23.5. The number of fused-ring (bicyclic) bond motifs is 1. The molecule has 0 fully saturated rings. The number of benzene rings is 4. The first-order valence-corrected chi connectivity index (χ1v) is 14.5. The van der Waals surface area contributed by atoms with E-state index in [1.54, 1.807) is 36.3 Å². The summed E-state index contributed by atoms with van der Waals surface area (Å²) in [6.45, 7) is 0. The van der Waals surface area contributed by atoms with Gasteiger partial charge in [0, 0.05) is 23.3 Å². The van der Waals surface area contributed by atoms with Gasteiger partial charge >= 0.3 is 0 Å². The van der Waals surface area contributed by atoms with Gasteiger partial charge < -0.3 is 24.3 Å². The maximum absolute atomic E-state index is 14.8. The maximum atomic E-state index is 14.8. The van der Waals surface area contributed by atoms with Crippen LogP contribution in [0.25, 0.3) is 0 Å². The molecule has 230 valence electrons. The van der Waals surface area contributed by atoms with E-state index in [1.807, 2.05) is 48.5 Å². The summed E-state index contributed by atoms with van der Waals surface area (Å²) in [5.74, 6) is 0.622. The van der Waals surface area contributed by atoms with Gasteiger partial charge in [-0.2, -0.15) is 0 Å². The summed E-state index contributed by atoms with van der Waals surface area (Å²) >= 11 is 0. The summed E-state index contributed by atoms with van der Waals surface area (Å²) in [5, 5.41) is 3.52. The van der Waals surface area contributed by atoms with Gasteiger partial charge in [0.1, 0.15) is 11.6 Å². The van der Waals surface area contributed by atoms with Crippen LogP contribution in [-0.2, 0) is 4.79 Å². The van der Waals surface area contributed by atoms with Crippen molar-refractivity contribution in [2.45, 2.75) is 24.8 Å². The predicted octanol–water partition coefficient (Wildman–Crippen LogP) is 7.07. The minimum absolute atomic E-state index is 0.110. The normalized spacial score (nSPS) is 17.4. The van der Waals surface area contributed by atoms with Crippen LogP contribution < -0.4 is 29.2 Å². The summed E-state index contributed by atoms with van der Waals surface area (Å²) < 4.78 is 35.9. The van der Waals surface area contributed by atoms with Gasteiger partial charge in [-0.05, 0) is 72.0 Å². The van der Waals surface area contributed by atoms with Gasteiger partial charge in [0.2, 0.25) is 5.75 Å². The molecule has 1 amide bonds. The first-order valence-electron chi connectivity index (χ1n) is 14.5. The average molecular weight is 609 g/mol. The van der Waals surface area contributed by atoms with Crippen molar-refractivity contribution in [2.24, 2.45) is 0 Å². The Morgan fingerprint density at radius 3 is 2.18 bits per heavy atom. The van der Waals surface area contributed by atoms with Crippen molar-refractivity contribution in [1.82, 2.24) is 0 Å². The topological polar surface area (TPSA) is 86.3 Å². The van der Waals surface area contributed by atoms with Crippen LogP contribution in [0.3, 0.4) is 0 Å². The Morgan fingerprint density at radius 2 is 1.51 bits per heavy atom. The summed E-state index contributed by atoms with van der Waals surface area (Å²) in [4.78, 5) is 30.8. The molecule has 1 aliphatic carbocycles. The number of carbonyl (C=O) groups is 2. The Morgan fingerprint density at radius 1 is 0.800 bits per heavy atom. The Balaban J connectivity index is 1.57. The molecule has 0 saturated heterocycles. The van der Waals surface area contributed by atoms with Crippen molar-refractivity contribution in [3.8, 4) is 23.0 Å². The number of anilines is 2. The highest BCUT2D eigenvalue weighted by Gasteiger charge is 2.42. The molecule has 4 aromatic rings. The molecule has 0 aromatic heterocycles. The second-order valence-electron chi connectivity index (χ2n) is 10.9. The predicted molar refractivity (Wildman–Crippen MR) is 169 cm³/mol. The number of methoxy groups -OCH3 is 4. The number of halogens is 1. The zero-order valence-corrected chi connectivity index (χ0v) is 25.4. The zero-order chi connectivity index (χ0) is 31.7. The number of nitrogens with zero attached hydrogens (tertiary/aromatic N) is 1. The van der Waals surface area contributed by atoms with Gasteiger partial charge in [0.05, 0.1) is 45.9 Å². The Labute approximate surface area is 261 Å². The van der Waals surface area contributed by atoms with Gasteiger partial charge in [0.25, 0.3) is 5.91 Å². The quantitative estimate of drug-likeness (QED) is 0.240. The number of ether oxygens (including phenoxy) is 4. The summed E-state index contributed by atoms with van der Waals surface area (Å²) in [6.07, 6.45) is 0.697.